The molecule has 3 rings (SSSR count). The van der Waals surface area contributed by atoms with Crippen molar-refractivity contribution in [3.8, 4) is 0 Å². The molecule has 1 heterocycles. The minimum absolute atomic E-state index is 0.211. The molecule has 0 bridgehead atoms. The zero-order valence-corrected chi connectivity index (χ0v) is 14.3. The molecule has 4 nitrogen and oxygen atoms in total. The number of hydrogen-bond donors (Lipinski definition) is 2. The zero-order chi connectivity index (χ0) is 17.5. The van der Waals surface area contributed by atoms with Gasteiger partial charge < -0.3 is 10.6 Å². The van der Waals surface area contributed by atoms with Gasteiger partial charge in [0, 0.05) is 23.5 Å². The van der Waals surface area contributed by atoms with E-state index in [9.17, 15) is 4.79 Å². The van der Waals surface area contributed by atoms with Crippen molar-refractivity contribution in [2.45, 2.75) is 6.42 Å². The molecule has 1 aromatic heterocycles. The van der Waals surface area contributed by atoms with Gasteiger partial charge in [-0.1, -0.05) is 41.9 Å². The summed E-state index contributed by atoms with van der Waals surface area (Å²) in [6.07, 6.45) is 2.53. The van der Waals surface area contributed by atoms with Gasteiger partial charge in [0.15, 0.2) is 0 Å². The van der Waals surface area contributed by atoms with Gasteiger partial charge in [0.1, 0.15) is 5.82 Å². The minimum atomic E-state index is -0.211. The number of carbonyl (C=O) groups is 1. The highest BCUT2D eigenvalue weighted by molar-refractivity contribution is 6.30. The molecule has 5 heteroatoms. The summed E-state index contributed by atoms with van der Waals surface area (Å²) in [6, 6.07) is 20.7. The quantitative estimate of drug-likeness (QED) is 0.680. The standard InChI is InChI=1S/C20H18ClN3O/c21-16-8-10-17(11-9-16)24-20(25)18-7-4-13-22-19(18)23-14-12-15-5-2-1-3-6-15/h1-11,13H,12,14H2,(H,22,23)(H,24,25). The van der Waals surface area contributed by atoms with Gasteiger partial charge in [0.05, 0.1) is 5.56 Å². The second-order valence-corrected chi connectivity index (χ2v) is 5.96. The molecule has 0 fully saturated rings. The first-order valence-electron chi connectivity index (χ1n) is 8.02. The molecule has 1 amide bonds. The summed E-state index contributed by atoms with van der Waals surface area (Å²) in [5.41, 5.74) is 2.43. The third-order valence-corrected chi connectivity index (χ3v) is 3.96. The van der Waals surface area contributed by atoms with Gasteiger partial charge in [-0.3, -0.25) is 4.79 Å². The van der Waals surface area contributed by atoms with Crippen LogP contribution in [0, 0.1) is 0 Å². The molecule has 0 unspecified atom stereocenters. The molecule has 2 N–H and O–H groups in total. The third kappa shape index (κ3) is 4.81. The molecule has 2 aromatic carbocycles. The van der Waals surface area contributed by atoms with Crippen LogP contribution >= 0.6 is 11.6 Å². The molecule has 3 aromatic rings. The summed E-state index contributed by atoms with van der Waals surface area (Å²) in [4.78, 5) is 16.8. The number of anilines is 2. The highest BCUT2D eigenvalue weighted by Gasteiger charge is 2.12. The van der Waals surface area contributed by atoms with Crippen LogP contribution in [-0.2, 0) is 6.42 Å². The van der Waals surface area contributed by atoms with Crippen LogP contribution in [0.1, 0.15) is 15.9 Å². The number of amides is 1. The maximum Gasteiger partial charge on any atom is 0.259 e. The van der Waals surface area contributed by atoms with E-state index in [0.717, 1.165) is 6.42 Å². The minimum Gasteiger partial charge on any atom is -0.369 e. The van der Waals surface area contributed by atoms with Crippen LogP contribution in [0.3, 0.4) is 0 Å². The van der Waals surface area contributed by atoms with Gasteiger partial charge in [-0.25, -0.2) is 4.98 Å². The van der Waals surface area contributed by atoms with Crippen molar-refractivity contribution >= 4 is 29.0 Å². The molecule has 0 saturated heterocycles. The summed E-state index contributed by atoms with van der Waals surface area (Å²) in [6.45, 7) is 0.697. The summed E-state index contributed by atoms with van der Waals surface area (Å²) < 4.78 is 0. The van der Waals surface area contributed by atoms with Crippen molar-refractivity contribution in [1.82, 2.24) is 4.98 Å². The van der Waals surface area contributed by atoms with E-state index >= 15 is 0 Å². The molecule has 0 aliphatic heterocycles. The van der Waals surface area contributed by atoms with Crippen LogP contribution < -0.4 is 10.6 Å². The normalized spacial score (nSPS) is 10.3. The zero-order valence-electron chi connectivity index (χ0n) is 13.6. The fraction of sp³-hybridized carbons (Fsp3) is 0.100. The van der Waals surface area contributed by atoms with Gasteiger partial charge in [0.2, 0.25) is 0 Å². The van der Waals surface area contributed by atoms with Crippen LogP contribution in [0.25, 0.3) is 0 Å². The average Bonchev–Trinajstić information content (AvgIpc) is 2.65. The van der Waals surface area contributed by atoms with E-state index in [1.54, 1.807) is 42.6 Å². The number of benzene rings is 2. The maximum absolute atomic E-state index is 12.5. The summed E-state index contributed by atoms with van der Waals surface area (Å²) >= 11 is 5.87. The predicted octanol–water partition coefficient (Wildman–Crippen LogP) is 4.64. The Balaban J connectivity index is 1.65. The van der Waals surface area contributed by atoms with Crippen LogP contribution in [0.15, 0.2) is 72.9 Å². The molecule has 0 radical (unpaired) electrons. The number of carbonyl (C=O) groups excluding carboxylic acids is 1. The smallest absolute Gasteiger partial charge is 0.259 e. The van der Waals surface area contributed by atoms with E-state index in [2.05, 4.69) is 27.8 Å². The first-order valence-corrected chi connectivity index (χ1v) is 8.40. The number of halogens is 1. The molecular formula is C20H18ClN3O. The molecule has 0 saturated carbocycles. The van der Waals surface area contributed by atoms with Gasteiger partial charge in [-0.15, -0.1) is 0 Å². The number of rotatable bonds is 6. The Morgan fingerprint density at radius 2 is 1.72 bits per heavy atom. The van der Waals surface area contributed by atoms with Gasteiger partial charge in [-0.05, 0) is 48.4 Å². The lowest BCUT2D eigenvalue weighted by molar-refractivity contribution is 0.102. The number of pyridine rings is 1. The Bertz CT molecular complexity index is 835. The Hall–Kier alpha value is -2.85. The van der Waals surface area contributed by atoms with Crippen molar-refractivity contribution in [2.75, 3.05) is 17.2 Å². The van der Waals surface area contributed by atoms with E-state index in [1.165, 1.54) is 5.56 Å². The lowest BCUT2D eigenvalue weighted by atomic mass is 10.1. The third-order valence-electron chi connectivity index (χ3n) is 3.70. The number of aromatic nitrogens is 1. The largest absolute Gasteiger partial charge is 0.369 e. The highest BCUT2D eigenvalue weighted by Crippen LogP contribution is 2.17. The predicted molar refractivity (Wildman–Crippen MR) is 102 cm³/mol. The topological polar surface area (TPSA) is 54.0 Å². The first kappa shape index (κ1) is 17.0. The molecule has 0 atom stereocenters. The second kappa shape index (κ2) is 8.31. The molecule has 0 spiro atoms. The summed E-state index contributed by atoms with van der Waals surface area (Å²) in [5, 5.41) is 6.73. The van der Waals surface area contributed by atoms with Crippen LogP contribution in [0.5, 0.6) is 0 Å². The Morgan fingerprint density at radius 1 is 0.960 bits per heavy atom. The SMILES string of the molecule is O=C(Nc1ccc(Cl)cc1)c1cccnc1NCCc1ccccc1. The van der Waals surface area contributed by atoms with Gasteiger partial charge in [-0.2, -0.15) is 0 Å². The van der Waals surface area contributed by atoms with E-state index in [0.29, 0.717) is 28.6 Å². The lowest BCUT2D eigenvalue weighted by Gasteiger charge is -2.11. The number of nitrogens with zero attached hydrogens (tertiary/aromatic N) is 1. The average molecular weight is 352 g/mol. The van der Waals surface area contributed by atoms with Crippen LogP contribution in [0.4, 0.5) is 11.5 Å². The van der Waals surface area contributed by atoms with Crippen LogP contribution in [-0.4, -0.2) is 17.4 Å². The van der Waals surface area contributed by atoms with Gasteiger partial charge >= 0.3 is 0 Å². The highest BCUT2D eigenvalue weighted by atomic mass is 35.5. The van der Waals surface area contributed by atoms with E-state index < -0.39 is 0 Å². The van der Waals surface area contributed by atoms with Crippen molar-refractivity contribution in [1.29, 1.82) is 0 Å². The Morgan fingerprint density at radius 3 is 2.48 bits per heavy atom. The molecule has 126 valence electrons. The van der Waals surface area contributed by atoms with Crippen LogP contribution in [0.2, 0.25) is 5.02 Å². The lowest BCUT2D eigenvalue weighted by Crippen LogP contribution is -2.16. The van der Waals surface area contributed by atoms with Crippen molar-refractivity contribution in [3.05, 3.63) is 89.1 Å². The fourth-order valence-corrected chi connectivity index (χ4v) is 2.56. The van der Waals surface area contributed by atoms with Crippen molar-refractivity contribution < 1.29 is 4.79 Å². The summed E-state index contributed by atoms with van der Waals surface area (Å²) in [7, 11) is 0. The molecular weight excluding hydrogens is 334 g/mol. The number of nitrogens with one attached hydrogen (secondary N) is 2. The molecule has 25 heavy (non-hydrogen) atoms. The fourth-order valence-electron chi connectivity index (χ4n) is 2.43. The number of hydrogen-bond acceptors (Lipinski definition) is 3. The van der Waals surface area contributed by atoms with Crippen molar-refractivity contribution in [2.24, 2.45) is 0 Å². The Kier molecular flexibility index (Phi) is 5.65. The molecule has 0 aliphatic rings. The monoisotopic (exact) mass is 351 g/mol. The van der Waals surface area contributed by atoms with Crippen molar-refractivity contribution in [3.63, 3.8) is 0 Å². The van der Waals surface area contributed by atoms with Gasteiger partial charge in [0.25, 0.3) is 5.91 Å². The first-order chi connectivity index (χ1) is 12.2. The van der Waals surface area contributed by atoms with E-state index in [-0.39, 0.29) is 5.91 Å². The van der Waals surface area contributed by atoms with E-state index in [4.69, 9.17) is 11.6 Å². The van der Waals surface area contributed by atoms with E-state index in [1.807, 2.05) is 18.2 Å². The maximum atomic E-state index is 12.5. The molecule has 0 aliphatic carbocycles. The Labute approximate surface area is 151 Å². The second-order valence-electron chi connectivity index (χ2n) is 5.52. The summed E-state index contributed by atoms with van der Waals surface area (Å²) in [5.74, 6) is 0.363.